The minimum absolute atomic E-state index is 0.220. The lowest BCUT2D eigenvalue weighted by Crippen LogP contribution is -2.25. The third-order valence-electron chi connectivity index (χ3n) is 4.31. The molecule has 28 heavy (non-hydrogen) atoms. The van der Waals surface area contributed by atoms with E-state index in [0.717, 1.165) is 10.7 Å². The quantitative estimate of drug-likeness (QED) is 0.528. The SMILES string of the molecule is O=C(O)C(F)(F)c1ccc2c(C(F)(F)F)nn(CC3C(Cl)=CC=CC3Cl)c2c1. The number of halogens is 7. The van der Waals surface area contributed by atoms with Crippen LogP contribution in [-0.4, -0.2) is 26.2 Å². The number of hydrogen-bond acceptors (Lipinski definition) is 2. The number of alkyl halides is 6. The van der Waals surface area contributed by atoms with Gasteiger partial charge in [0, 0.05) is 21.9 Å². The van der Waals surface area contributed by atoms with E-state index in [4.69, 9.17) is 28.3 Å². The normalized spacial score (nSPS) is 20.5. The molecule has 0 saturated carbocycles. The van der Waals surface area contributed by atoms with Crippen LogP contribution >= 0.6 is 23.2 Å². The van der Waals surface area contributed by atoms with Gasteiger partial charge in [-0.25, -0.2) is 4.79 Å². The Morgan fingerprint density at radius 3 is 2.50 bits per heavy atom. The summed E-state index contributed by atoms with van der Waals surface area (Å²) in [6.07, 6.45) is -0.152. The van der Waals surface area contributed by atoms with E-state index in [0.29, 0.717) is 12.1 Å². The van der Waals surface area contributed by atoms with E-state index < -0.39 is 46.0 Å². The van der Waals surface area contributed by atoms with Gasteiger partial charge in [-0.15, -0.1) is 11.6 Å². The third-order valence-corrected chi connectivity index (χ3v) is 5.17. The Hall–Kier alpha value is -2.13. The zero-order chi connectivity index (χ0) is 20.9. The lowest BCUT2D eigenvalue weighted by Gasteiger charge is -2.22. The Labute approximate surface area is 164 Å². The van der Waals surface area contributed by atoms with Gasteiger partial charge in [0.25, 0.3) is 0 Å². The van der Waals surface area contributed by atoms with Crippen molar-refractivity contribution in [3.63, 3.8) is 0 Å². The van der Waals surface area contributed by atoms with E-state index in [9.17, 15) is 26.7 Å². The molecule has 2 aromatic rings. The van der Waals surface area contributed by atoms with E-state index in [2.05, 4.69) is 5.10 Å². The number of carboxylic acid groups (broad SMARTS) is 1. The second-order valence-corrected chi connectivity index (χ2v) is 7.07. The summed E-state index contributed by atoms with van der Waals surface area (Å²) in [6.45, 7) is -0.220. The van der Waals surface area contributed by atoms with Crippen LogP contribution < -0.4 is 0 Å². The molecule has 0 amide bonds. The Bertz CT molecular complexity index is 997. The minimum Gasteiger partial charge on any atom is -0.477 e. The average molecular weight is 441 g/mol. The molecule has 11 heteroatoms. The molecule has 0 bridgehead atoms. The van der Waals surface area contributed by atoms with Crippen LogP contribution in [0, 0.1) is 5.92 Å². The van der Waals surface area contributed by atoms with E-state index in [-0.39, 0.29) is 17.1 Å². The first-order valence-corrected chi connectivity index (χ1v) is 8.61. The maximum atomic E-state index is 13.8. The molecule has 1 aromatic heterocycles. The number of aromatic nitrogens is 2. The molecule has 0 aliphatic heterocycles. The highest BCUT2D eigenvalue weighted by Gasteiger charge is 2.43. The lowest BCUT2D eigenvalue weighted by molar-refractivity contribution is -0.166. The first-order valence-electron chi connectivity index (χ1n) is 7.80. The maximum Gasteiger partial charge on any atom is 0.435 e. The van der Waals surface area contributed by atoms with Crippen molar-refractivity contribution in [1.29, 1.82) is 0 Å². The molecule has 3 rings (SSSR count). The van der Waals surface area contributed by atoms with Gasteiger partial charge in [0.15, 0.2) is 5.69 Å². The van der Waals surface area contributed by atoms with Gasteiger partial charge in [-0.05, 0) is 12.1 Å². The number of carboxylic acids is 1. The topological polar surface area (TPSA) is 55.1 Å². The van der Waals surface area contributed by atoms with E-state index in [1.54, 1.807) is 12.2 Å². The number of nitrogens with zero attached hydrogens (tertiary/aromatic N) is 2. The van der Waals surface area contributed by atoms with Crippen LogP contribution in [-0.2, 0) is 23.4 Å². The molecule has 0 radical (unpaired) electrons. The summed E-state index contributed by atoms with van der Waals surface area (Å²) in [7, 11) is 0. The number of hydrogen-bond donors (Lipinski definition) is 1. The Morgan fingerprint density at radius 1 is 1.25 bits per heavy atom. The number of carbonyl (C=O) groups is 1. The number of aliphatic carboxylic acids is 1. The molecular weight excluding hydrogens is 430 g/mol. The van der Waals surface area contributed by atoms with Crippen molar-refractivity contribution in [1.82, 2.24) is 9.78 Å². The van der Waals surface area contributed by atoms with E-state index >= 15 is 0 Å². The summed E-state index contributed by atoms with van der Waals surface area (Å²) < 4.78 is 68.6. The van der Waals surface area contributed by atoms with E-state index in [1.807, 2.05) is 0 Å². The smallest absolute Gasteiger partial charge is 0.435 e. The average Bonchev–Trinajstić information content (AvgIpc) is 2.96. The van der Waals surface area contributed by atoms with Crippen LogP contribution in [0.4, 0.5) is 22.0 Å². The van der Waals surface area contributed by atoms with Gasteiger partial charge in [0.05, 0.1) is 17.4 Å². The molecule has 1 aliphatic rings. The summed E-state index contributed by atoms with van der Waals surface area (Å²) in [5.41, 5.74) is -2.53. The summed E-state index contributed by atoms with van der Waals surface area (Å²) in [5.74, 6) is -7.33. The molecule has 1 aliphatic carbocycles. The van der Waals surface area contributed by atoms with Crippen molar-refractivity contribution < 1.29 is 31.9 Å². The summed E-state index contributed by atoms with van der Waals surface area (Å²) in [6, 6.07) is 2.10. The molecule has 1 N–H and O–H groups in total. The number of fused-ring (bicyclic) bond motifs is 1. The van der Waals surface area contributed by atoms with Crippen LogP contribution in [0.5, 0.6) is 0 Å². The Morgan fingerprint density at radius 2 is 1.93 bits per heavy atom. The highest BCUT2D eigenvalue weighted by atomic mass is 35.5. The lowest BCUT2D eigenvalue weighted by atomic mass is 9.99. The van der Waals surface area contributed by atoms with Crippen LogP contribution in [0.3, 0.4) is 0 Å². The summed E-state index contributed by atoms with van der Waals surface area (Å²) in [4.78, 5) is 10.8. The van der Waals surface area contributed by atoms with Crippen molar-refractivity contribution in [2.75, 3.05) is 0 Å². The molecule has 1 aromatic carbocycles. The van der Waals surface area contributed by atoms with Gasteiger partial charge >= 0.3 is 18.1 Å². The Kier molecular flexibility index (Phi) is 5.18. The van der Waals surface area contributed by atoms with Gasteiger partial charge in [0.1, 0.15) is 0 Å². The molecule has 0 spiro atoms. The summed E-state index contributed by atoms with van der Waals surface area (Å²) >= 11 is 12.2. The number of allylic oxidation sites excluding steroid dienone is 4. The van der Waals surface area contributed by atoms with Crippen LogP contribution in [0.1, 0.15) is 11.3 Å². The molecule has 2 atom stereocenters. The predicted octanol–water partition coefficient (Wildman–Crippen LogP) is 5.15. The second kappa shape index (κ2) is 7.04. The zero-order valence-corrected chi connectivity index (χ0v) is 15.2. The molecular formula is C17H11Cl2F5N2O2. The number of rotatable bonds is 4. The van der Waals surface area contributed by atoms with Gasteiger partial charge in [0.2, 0.25) is 0 Å². The fourth-order valence-corrected chi connectivity index (χ4v) is 3.52. The molecule has 0 saturated heterocycles. The monoisotopic (exact) mass is 440 g/mol. The largest absolute Gasteiger partial charge is 0.477 e. The fraction of sp³-hybridized carbons (Fsp3) is 0.294. The van der Waals surface area contributed by atoms with Crippen molar-refractivity contribution in [3.8, 4) is 0 Å². The first kappa shape index (κ1) is 20.6. The van der Waals surface area contributed by atoms with Crippen molar-refractivity contribution in [2.45, 2.75) is 24.0 Å². The predicted molar refractivity (Wildman–Crippen MR) is 92.5 cm³/mol. The zero-order valence-electron chi connectivity index (χ0n) is 13.7. The van der Waals surface area contributed by atoms with E-state index in [1.165, 1.54) is 6.08 Å². The first-order chi connectivity index (χ1) is 12.9. The minimum atomic E-state index is -4.84. The molecule has 4 nitrogen and oxygen atoms in total. The van der Waals surface area contributed by atoms with Crippen LogP contribution in [0.2, 0.25) is 0 Å². The van der Waals surface area contributed by atoms with Gasteiger partial charge in [-0.3, -0.25) is 4.68 Å². The second-order valence-electron chi connectivity index (χ2n) is 6.13. The molecule has 1 heterocycles. The summed E-state index contributed by atoms with van der Waals surface area (Å²) in [5, 5.41) is 11.4. The van der Waals surface area contributed by atoms with Crippen LogP contribution in [0.25, 0.3) is 10.9 Å². The standard InChI is InChI=1S/C17H11Cl2F5N2O2/c18-11-2-1-3-12(19)10(11)7-26-13-6-8(16(20,21)15(27)28)4-5-9(13)14(25-26)17(22,23)24/h1-6,10-11H,7H2,(H,27,28). The third kappa shape index (κ3) is 3.60. The highest BCUT2D eigenvalue weighted by molar-refractivity contribution is 6.31. The molecule has 2 unspecified atom stereocenters. The fourth-order valence-electron chi connectivity index (χ4n) is 2.88. The van der Waals surface area contributed by atoms with Crippen molar-refractivity contribution >= 4 is 40.1 Å². The van der Waals surface area contributed by atoms with Gasteiger partial charge in [-0.1, -0.05) is 35.9 Å². The molecule has 0 fully saturated rings. The maximum absolute atomic E-state index is 13.8. The highest BCUT2D eigenvalue weighted by Crippen LogP contribution is 2.38. The van der Waals surface area contributed by atoms with Crippen molar-refractivity contribution in [2.24, 2.45) is 5.92 Å². The van der Waals surface area contributed by atoms with Gasteiger partial charge in [-0.2, -0.15) is 27.1 Å². The Balaban J connectivity index is 2.16. The molecule has 150 valence electrons. The van der Waals surface area contributed by atoms with Crippen molar-refractivity contribution in [3.05, 3.63) is 52.7 Å². The van der Waals surface area contributed by atoms with Crippen LogP contribution in [0.15, 0.2) is 41.5 Å². The van der Waals surface area contributed by atoms with Gasteiger partial charge < -0.3 is 5.11 Å². The number of benzene rings is 1.